The van der Waals surface area contributed by atoms with Crippen molar-refractivity contribution in [1.29, 1.82) is 0 Å². The zero-order valence-electron chi connectivity index (χ0n) is 14.9. The van der Waals surface area contributed by atoms with E-state index < -0.39 is 11.9 Å². The van der Waals surface area contributed by atoms with Crippen LogP contribution in [-0.4, -0.2) is 35.5 Å². The van der Waals surface area contributed by atoms with Crippen LogP contribution in [0.15, 0.2) is 30.6 Å². The fourth-order valence-corrected chi connectivity index (χ4v) is 2.23. The van der Waals surface area contributed by atoms with Crippen LogP contribution in [0.3, 0.4) is 0 Å². The van der Waals surface area contributed by atoms with Gasteiger partial charge < -0.3 is 15.4 Å². The van der Waals surface area contributed by atoms with Gasteiger partial charge in [0, 0.05) is 18.9 Å². The van der Waals surface area contributed by atoms with Gasteiger partial charge >= 0.3 is 5.97 Å². The van der Waals surface area contributed by atoms with Gasteiger partial charge in [0.25, 0.3) is 5.91 Å². The van der Waals surface area contributed by atoms with Gasteiger partial charge in [-0.1, -0.05) is 25.4 Å². The van der Waals surface area contributed by atoms with Crippen LogP contribution < -0.4 is 10.6 Å². The lowest BCUT2D eigenvalue weighted by Gasteiger charge is -2.09. The second-order valence-corrected chi connectivity index (χ2v) is 6.45. The highest BCUT2D eigenvalue weighted by Crippen LogP contribution is 2.24. The van der Waals surface area contributed by atoms with E-state index in [0.29, 0.717) is 22.6 Å². The predicted molar refractivity (Wildman–Crippen MR) is 101 cm³/mol. The number of methoxy groups -OCH3 is 1. The van der Waals surface area contributed by atoms with Crippen molar-refractivity contribution in [2.75, 3.05) is 24.3 Å². The van der Waals surface area contributed by atoms with E-state index in [9.17, 15) is 9.59 Å². The summed E-state index contributed by atoms with van der Waals surface area (Å²) in [4.78, 5) is 32.2. The molecule has 1 amide bonds. The minimum absolute atomic E-state index is 0.277. The van der Waals surface area contributed by atoms with Crippen molar-refractivity contribution in [2.45, 2.75) is 20.3 Å². The molecule has 1 aromatic carbocycles. The molecule has 1 heterocycles. The number of ether oxygens (including phenoxy) is 1. The van der Waals surface area contributed by atoms with Gasteiger partial charge in [-0.05, 0) is 30.5 Å². The summed E-state index contributed by atoms with van der Waals surface area (Å²) in [6.07, 6.45) is 3.86. The number of carbonyl (C=O) groups excluding carboxylic acids is 2. The molecular weight excluding hydrogens is 356 g/mol. The Balaban J connectivity index is 2.04. The molecule has 2 rings (SSSR count). The minimum atomic E-state index is -0.516. The van der Waals surface area contributed by atoms with Gasteiger partial charge in [0.05, 0.1) is 28.9 Å². The summed E-state index contributed by atoms with van der Waals surface area (Å²) in [6.45, 7) is 5.03. The van der Waals surface area contributed by atoms with E-state index in [0.717, 1.165) is 13.0 Å². The number of amides is 1. The van der Waals surface area contributed by atoms with Crippen LogP contribution >= 0.6 is 11.6 Å². The van der Waals surface area contributed by atoms with Crippen LogP contribution in [0.5, 0.6) is 0 Å². The van der Waals surface area contributed by atoms with Crippen molar-refractivity contribution < 1.29 is 14.3 Å². The first-order valence-electron chi connectivity index (χ1n) is 8.16. The van der Waals surface area contributed by atoms with Crippen molar-refractivity contribution in [1.82, 2.24) is 9.97 Å². The molecule has 0 unspecified atom stereocenters. The molecule has 0 aliphatic rings. The maximum atomic E-state index is 12.3. The summed E-state index contributed by atoms with van der Waals surface area (Å²) < 4.78 is 4.66. The molecule has 138 valence electrons. The fourth-order valence-electron chi connectivity index (χ4n) is 2.07. The Labute approximate surface area is 157 Å². The van der Waals surface area contributed by atoms with Gasteiger partial charge in [-0.15, -0.1) is 0 Å². The lowest BCUT2D eigenvalue weighted by atomic mass is 10.1. The highest BCUT2D eigenvalue weighted by atomic mass is 35.5. The first kappa shape index (κ1) is 19.7. The van der Waals surface area contributed by atoms with Gasteiger partial charge in [0.2, 0.25) is 5.95 Å². The van der Waals surface area contributed by atoms with Crippen molar-refractivity contribution in [3.05, 3.63) is 46.7 Å². The number of hydrogen-bond donors (Lipinski definition) is 2. The highest BCUT2D eigenvalue weighted by molar-refractivity contribution is 6.34. The number of aromatic nitrogens is 2. The fraction of sp³-hybridized carbons (Fsp3) is 0.333. The number of carbonyl (C=O) groups is 2. The number of rotatable bonds is 7. The average Bonchev–Trinajstić information content (AvgIpc) is 2.63. The third-order valence-electron chi connectivity index (χ3n) is 3.55. The molecular formula is C18H21ClN4O3. The Bertz CT molecular complexity index is 779. The van der Waals surface area contributed by atoms with Crippen molar-refractivity contribution >= 4 is 35.1 Å². The quantitative estimate of drug-likeness (QED) is 0.717. The van der Waals surface area contributed by atoms with E-state index >= 15 is 0 Å². The Morgan fingerprint density at radius 2 is 1.88 bits per heavy atom. The Morgan fingerprint density at radius 3 is 2.50 bits per heavy atom. The molecule has 0 aliphatic heterocycles. The summed E-state index contributed by atoms with van der Waals surface area (Å²) >= 11 is 6.08. The topological polar surface area (TPSA) is 93.2 Å². The van der Waals surface area contributed by atoms with Crippen molar-refractivity contribution in [3.63, 3.8) is 0 Å². The number of halogens is 1. The number of hydrogen-bond acceptors (Lipinski definition) is 6. The zero-order chi connectivity index (χ0) is 19.1. The monoisotopic (exact) mass is 376 g/mol. The average molecular weight is 377 g/mol. The van der Waals surface area contributed by atoms with Crippen LogP contribution in [0.25, 0.3) is 0 Å². The van der Waals surface area contributed by atoms with E-state index in [4.69, 9.17) is 11.6 Å². The molecule has 7 nitrogen and oxygen atoms in total. The lowest BCUT2D eigenvalue weighted by molar-refractivity contribution is 0.0600. The number of nitrogens with zero attached hydrogens (tertiary/aromatic N) is 2. The SMILES string of the molecule is COC(=O)c1ccc(Cl)c(NC(=O)c2cnc(NCCC(C)C)nc2)c1. The Hall–Kier alpha value is -2.67. The molecule has 26 heavy (non-hydrogen) atoms. The molecule has 1 aromatic heterocycles. The smallest absolute Gasteiger partial charge is 0.337 e. The first-order valence-corrected chi connectivity index (χ1v) is 8.53. The van der Waals surface area contributed by atoms with E-state index in [1.165, 1.54) is 37.7 Å². The normalized spacial score (nSPS) is 10.5. The van der Waals surface area contributed by atoms with E-state index in [2.05, 4.69) is 39.2 Å². The Morgan fingerprint density at radius 1 is 1.19 bits per heavy atom. The number of esters is 1. The van der Waals surface area contributed by atoms with E-state index in [1.807, 2.05) is 0 Å². The van der Waals surface area contributed by atoms with E-state index in [1.54, 1.807) is 0 Å². The van der Waals surface area contributed by atoms with Gasteiger partial charge in [0.1, 0.15) is 0 Å². The van der Waals surface area contributed by atoms with Crippen molar-refractivity contribution in [2.24, 2.45) is 5.92 Å². The summed E-state index contributed by atoms with van der Waals surface area (Å²) in [6, 6.07) is 4.49. The molecule has 0 atom stereocenters. The van der Waals surface area contributed by atoms with Crippen molar-refractivity contribution in [3.8, 4) is 0 Å². The highest BCUT2D eigenvalue weighted by Gasteiger charge is 2.13. The number of nitrogens with one attached hydrogen (secondary N) is 2. The van der Waals surface area contributed by atoms with Crippen LogP contribution in [0.2, 0.25) is 5.02 Å². The molecule has 0 radical (unpaired) electrons. The molecule has 0 saturated heterocycles. The molecule has 2 aromatic rings. The molecule has 0 fully saturated rings. The number of anilines is 2. The summed E-state index contributed by atoms with van der Waals surface area (Å²) in [5.74, 6) is 0.103. The van der Waals surface area contributed by atoms with Gasteiger partial charge in [-0.2, -0.15) is 0 Å². The molecule has 0 saturated carbocycles. The second kappa shape index (κ2) is 9.15. The second-order valence-electron chi connectivity index (χ2n) is 6.04. The van der Waals surface area contributed by atoms with Crippen LogP contribution in [-0.2, 0) is 4.74 Å². The maximum absolute atomic E-state index is 12.3. The molecule has 2 N–H and O–H groups in total. The third kappa shape index (κ3) is 5.42. The molecule has 0 aliphatic carbocycles. The van der Waals surface area contributed by atoms with E-state index in [-0.39, 0.29) is 11.1 Å². The third-order valence-corrected chi connectivity index (χ3v) is 3.88. The molecule has 0 spiro atoms. The number of benzene rings is 1. The summed E-state index contributed by atoms with van der Waals surface area (Å²) in [7, 11) is 1.28. The lowest BCUT2D eigenvalue weighted by Crippen LogP contribution is -2.15. The van der Waals surface area contributed by atoms with Gasteiger partial charge in [-0.25, -0.2) is 14.8 Å². The molecule has 0 bridgehead atoms. The minimum Gasteiger partial charge on any atom is -0.465 e. The maximum Gasteiger partial charge on any atom is 0.337 e. The molecule has 8 heteroatoms. The summed E-state index contributed by atoms with van der Waals surface area (Å²) in [5.41, 5.74) is 0.866. The van der Waals surface area contributed by atoms with Crippen LogP contribution in [0.4, 0.5) is 11.6 Å². The van der Waals surface area contributed by atoms with Gasteiger partial charge in [0.15, 0.2) is 0 Å². The summed E-state index contributed by atoms with van der Waals surface area (Å²) in [5, 5.41) is 6.05. The standard InChI is InChI=1S/C18H21ClN4O3/c1-11(2)6-7-20-18-21-9-13(10-22-18)16(24)23-15-8-12(17(25)26-3)4-5-14(15)19/h4-5,8-11H,6-7H2,1-3H3,(H,23,24)(H,20,21,22). The van der Waals surface area contributed by atoms with Crippen LogP contribution in [0, 0.1) is 5.92 Å². The largest absolute Gasteiger partial charge is 0.465 e. The van der Waals surface area contributed by atoms with Crippen LogP contribution in [0.1, 0.15) is 41.0 Å². The van der Waals surface area contributed by atoms with Gasteiger partial charge in [-0.3, -0.25) is 4.79 Å². The zero-order valence-corrected chi connectivity index (χ0v) is 15.6. The Kier molecular flexibility index (Phi) is 6.91. The first-order chi connectivity index (χ1) is 12.4. The predicted octanol–water partition coefficient (Wildman–Crippen LogP) is 3.63.